The molecule has 0 amide bonds. The smallest absolute Gasteiger partial charge is 0.161 e. The number of para-hydroxylation sites is 2. The Hall–Kier alpha value is -1.22. The molecule has 0 atom stereocenters. The fourth-order valence-electron chi connectivity index (χ4n) is 1.81. The summed E-state index contributed by atoms with van der Waals surface area (Å²) in [7, 11) is 1.67. The number of hydrogen-bond donors (Lipinski definition) is 1. The molecule has 0 saturated carbocycles. The molecule has 0 spiro atoms. The van der Waals surface area contributed by atoms with Crippen molar-refractivity contribution in [1.82, 2.24) is 5.32 Å². The summed E-state index contributed by atoms with van der Waals surface area (Å²) >= 11 is 0. The van der Waals surface area contributed by atoms with E-state index in [1.165, 1.54) is 0 Å². The maximum Gasteiger partial charge on any atom is 0.161 e. The second-order valence-electron chi connectivity index (χ2n) is 3.72. The van der Waals surface area contributed by atoms with Gasteiger partial charge in [-0.25, -0.2) is 0 Å². The van der Waals surface area contributed by atoms with Gasteiger partial charge in [-0.3, -0.25) is 0 Å². The summed E-state index contributed by atoms with van der Waals surface area (Å²) < 4.78 is 11.2. The summed E-state index contributed by atoms with van der Waals surface area (Å²) in [5.74, 6) is 1.67. The molecule has 3 nitrogen and oxygen atoms in total. The quantitative estimate of drug-likeness (QED) is 0.820. The van der Waals surface area contributed by atoms with E-state index in [9.17, 15) is 0 Å². The first-order chi connectivity index (χ1) is 7.40. The fourth-order valence-corrected chi connectivity index (χ4v) is 1.81. The molecule has 1 fully saturated rings. The van der Waals surface area contributed by atoms with Gasteiger partial charge in [-0.05, 0) is 38.1 Å². The lowest BCUT2D eigenvalue weighted by molar-refractivity contribution is 0.156. The van der Waals surface area contributed by atoms with Gasteiger partial charge in [0.25, 0.3) is 0 Å². The molecule has 2 rings (SSSR count). The van der Waals surface area contributed by atoms with Gasteiger partial charge in [-0.2, -0.15) is 0 Å². The number of benzene rings is 1. The first-order valence-electron chi connectivity index (χ1n) is 5.40. The van der Waals surface area contributed by atoms with E-state index < -0.39 is 0 Å². The Morgan fingerprint density at radius 3 is 2.47 bits per heavy atom. The Bertz CT molecular complexity index is 308. The van der Waals surface area contributed by atoms with Gasteiger partial charge in [-0.15, -0.1) is 0 Å². The van der Waals surface area contributed by atoms with Crippen molar-refractivity contribution in [1.29, 1.82) is 0 Å². The van der Waals surface area contributed by atoms with E-state index >= 15 is 0 Å². The summed E-state index contributed by atoms with van der Waals surface area (Å²) in [5, 5.41) is 3.32. The van der Waals surface area contributed by atoms with Crippen LogP contribution in [0.15, 0.2) is 24.3 Å². The third kappa shape index (κ3) is 2.63. The minimum atomic E-state index is 0.322. The fraction of sp³-hybridized carbons (Fsp3) is 0.500. The molecule has 0 unspecified atom stereocenters. The van der Waals surface area contributed by atoms with Crippen LogP contribution in [0.25, 0.3) is 0 Å². The van der Waals surface area contributed by atoms with E-state index in [4.69, 9.17) is 9.47 Å². The number of hydrogen-bond acceptors (Lipinski definition) is 3. The van der Waals surface area contributed by atoms with Crippen LogP contribution >= 0.6 is 0 Å². The van der Waals surface area contributed by atoms with Crippen molar-refractivity contribution >= 4 is 0 Å². The van der Waals surface area contributed by atoms with Gasteiger partial charge in [0.05, 0.1) is 7.11 Å². The number of piperidine rings is 1. The van der Waals surface area contributed by atoms with Crippen LogP contribution in [-0.4, -0.2) is 26.3 Å². The van der Waals surface area contributed by atoms with Gasteiger partial charge >= 0.3 is 0 Å². The lowest BCUT2D eigenvalue weighted by Crippen LogP contribution is -2.34. The standard InChI is InChI=1S/C12H17NO2/c1-14-11-4-2-3-5-12(11)15-10-6-8-13-9-7-10/h2-5,10,13H,6-9H2,1H3. The van der Waals surface area contributed by atoms with Crippen LogP contribution in [0.2, 0.25) is 0 Å². The second-order valence-corrected chi connectivity index (χ2v) is 3.72. The zero-order valence-corrected chi connectivity index (χ0v) is 9.03. The normalized spacial score (nSPS) is 17.4. The molecule has 1 aliphatic rings. The highest BCUT2D eigenvalue weighted by Gasteiger charge is 2.15. The molecule has 3 heteroatoms. The van der Waals surface area contributed by atoms with Crippen LogP contribution in [0, 0.1) is 0 Å². The van der Waals surface area contributed by atoms with E-state index in [0.29, 0.717) is 6.10 Å². The maximum absolute atomic E-state index is 5.91. The topological polar surface area (TPSA) is 30.5 Å². The number of nitrogens with one attached hydrogen (secondary N) is 1. The number of methoxy groups -OCH3 is 1. The van der Waals surface area contributed by atoms with Crippen LogP contribution < -0.4 is 14.8 Å². The minimum absolute atomic E-state index is 0.322. The average Bonchev–Trinajstić information content (AvgIpc) is 2.31. The molecule has 15 heavy (non-hydrogen) atoms. The highest BCUT2D eigenvalue weighted by atomic mass is 16.5. The molecule has 0 aromatic heterocycles. The van der Waals surface area contributed by atoms with Gasteiger partial charge in [0.1, 0.15) is 6.10 Å². The molecule has 0 bridgehead atoms. The Labute approximate surface area is 90.4 Å². The molecule has 1 saturated heterocycles. The summed E-state index contributed by atoms with van der Waals surface area (Å²) in [4.78, 5) is 0. The number of ether oxygens (including phenoxy) is 2. The Balaban J connectivity index is 2.02. The molecule has 1 aromatic carbocycles. The lowest BCUT2D eigenvalue weighted by Gasteiger charge is -2.24. The highest BCUT2D eigenvalue weighted by Crippen LogP contribution is 2.28. The van der Waals surface area contributed by atoms with E-state index in [1.807, 2.05) is 24.3 Å². The molecule has 1 aliphatic heterocycles. The summed E-state index contributed by atoms with van der Waals surface area (Å²) in [5.41, 5.74) is 0. The van der Waals surface area contributed by atoms with Crippen molar-refractivity contribution in [2.75, 3.05) is 20.2 Å². The lowest BCUT2D eigenvalue weighted by atomic mass is 10.1. The highest BCUT2D eigenvalue weighted by molar-refractivity contribution is 5.39. The Morgan fingerprint density at radius 1 is 1.13 bits per heavy atom. The van der Waals surface area contributed by atoms with Crippen molar-refractivity contribution in [2.24, 2.45) is 0 Å². The molecule has 1 N–H and O–H groups in total. The summed E-state index contributed by atoms with van der Waals surface area (Å²) in [6.07, 6.45) is 2.46. The minimum Gasteiger partial charge on any atom is -0.493 e. The van der Waals surface area contributed by atoms with Gasteiger partial charge in [-0.1, -0.05) is 12.1 Å². The van der Waals surface area contributed by atoms with Gasteiger partial charge in [0, 0.05) is 0 Å². The van der Waals surface area contributed by atoms with E-state index in [2.05, 4.69) is 5.32 Å². The van der Waals surface area contributed by atoms with Gasteiger partial charge in [0.15, 0.2) is 11.5 Å². The third-order valence-corrected chi connectivity index (χ3v) is 2.65. The van der Waals surface area contributed by atoms with Crippen LogP contribution in [-0.2, 0) is 0 Å². The van der Waals surface area contributed by atoms with Crippen LogP contribution in [0.4, 0.5) is 0 Å². The Morgan fingerprint density at radius 2 is 1.80 bits per heavy atom. The van der Waals surface area contributed by atoms with Gasteiger partial charge in [0.2, 0.25) is 0 Å². The third-order valence-electron chi connectivity index (χ3n) is 2.65. The molecule has 1 aromatic rings. The van der Waals surface area contributed by atoms with Crippen molar-refractivity contribution in [3.8, 4) is 11.5 Å². The van der Waals surface area contributed by atoms with Crippen LogP contribution in [0.5, 0.6) is 11.5 Å². The SMILES string of the molecule is COc1ccccc1OC1CCNCC1. The van der Waals surface area contributed by atoms with Crippen LogP contribution in [0.1, 0.15) is 12.8 Å². The van der Waals surface area contributed by atoms with Crippen molar-refractivity contribution < 1.29 is 9.47 Å². The Kier molecular flexibility index (Phi) is 3.45. The van der Waals surface area contributed by atoms with Crippen molar-refractivity contribution in [3.05, 3.63) is 24.3 Å². The summed E-state index contributed by atoms with van der Waals surface area (Å²) in [6, 6.07) is 7.81. The summed E-state index contributed by atoms with van der Waals surface area (Å²) in [6.45, 7) is 2.08. The zero-order chi connectivity index (χ0) is 10.5. The first kappa shape index (κ1) is 10.3. The molecule has 0 aliphatic carbocycles. The zero-order valence-electron chi connectivity index (χ0n) is 9.03. The van der Waals surface area contributed by atoms with Crippen LogP contribution in [0.3, 0.4) is 0 Å². The van der Waals surface area contributed by atoms with E-state index in [0.717, 1.165) is 37.4 Å². The predicted octanol–water partition coefficient (Wildman–Crippen LogP) is 1.83. The maximum atomic E-state index is 5.91. The largest absolute Gasteiger partial charge is 0.493 e. The van der Waals surface area contributed by atoms with Crippen molar-refractivity contribution in [3.63, 3.8) is 0 Å². The monoisotopic (exact) mass is 207 g/mol. The first-order valence-corrected chi connectivity index (χ1v) is 5.40. The molecule has 82 valence electrons. The van der Waals surface area contributed by atoms with E-state index in [-0.39, 0.29) is 0 Å². The second kappa shape index (κ2) is 5.03. The molecular formula is C12H17NO2. The molecule has 0 radical (unpaired) electrons. The predicted molar refractivity (Wildman–Crippen MR) is 59.5 cm³/mol. The van der Waals surface area contributed by atoms with Gasteiger partial charge < -0.3 is 14.8 Å². The van der Waals surface area contributed by atoms with E-state index in [1.54, 1.807) is 7.11 Å². The number of rotatable bonds is 3. The van der Waals surface area contributed by atoms with Crippen molar-refractivity contribution in [2.45, 2.75) is 18.9 Å². The molecule has 1 heterocycles. The molecular weight excluding hydrogens is 190 g/mol. The average molecular weight is 207 g/mol.